The van der Waals surface area contributed by atoms with Crippen molar-refractivity contribution in [3.8, 4) is 11.5 Å². The zero-order valence-corrected chi connectivity index (χ0v) is 16.1. The molecule has 1 unspecified atom stereocenters. The van der Waals surface area contributed by atoms with Crippen molar-refractivity contribution >= 4 is 45.8 Å². The van der Waals surface area contributed by atoms with Gasteiger partial charge in [-0.25, -0.2) is 14.4 Å². The van der Waals surface area contributed by atoms with E-state index in [0.29, 0.717) is 28.5 Å². The van der Waals surface area contributed by atoms with Crippen LogP contribution in [0, 0.1) is 5.82 Å². The molecule has 5 nitrogen and oxygen atoms in total. The zero-order chi connectivity index (χ0) is 18.8. The Morgan fingerprint density at radius 1 is 1.26 bits per heavy atom. The maximum atomic E-state index is 13.4. The summed E-state index contributed by atoms with van der Waals surface area (Å²) in [6.45, 7) is 0. The predicted octanol–water partition coefficient (Wildman–Crippen LogP) is 5.06. The van der Waals surface area contributed by atoms with Gasteiger partial charge in [0.15, 0.2) is 0 Å². The summed E-state index contributed by atoms with van der Waals surface area (Å²) >= 11 is 7.76. The first kappa shape index (κ1) is 18.1. The van der Waals surface area contributed by atoms with Crippen molar-refractivity contribution in [2.75, 3.05) is 23.9 Å². The number of anilines is 2. The van der Waals surface area contributed by atoms with Crippen LogP contribution in [-0.2, 0) is 0 Å². The van der Waals surface area contributed by atoms with Gasteiger partial charge in [-0.2, -0.15) is 11.8 Å². The summed E-state index contributed by atoms with van der Waals surface area (Å²) in [6.07, 6.45) is 2.59. The molecule has 140 valence electrons. The summed E-state index contributed by atoms with van der Waals surface area (Å²) in [5.74, 6) is 3.45. The molecule has 1 saturated heterocycles. The molecule has 0 amide bonds. The molecule has 1 aliphatic rings. The van der Waals surface area contributed by atoms with Gasteiger partial charge in [-0.05, 0) is 30.4 Å². The first-order chi connectivity index (χ1) is 13.1. The third-order valence-corrected chi connectivity index (χ3v) is 5.70. The van der Waals surface area contributed by atoms with Gasteiger partial charge in [0.1, 0.15) is 35.6 Å². The van der Waals surface area contributed by atoms with Gasteiger partial charge in [0.05, 0.1) is 23.0 Å². The van der Waals surface area contributed by atoms with Crippen LogP contribution in [-0.4, -0.2) is 34.7 Å². The average molecular weight is 406 g/mol. The van der Waals surface area contributed by atoms with Crippen LogP contribution in [0.25, 0.3) is 10.9 Å². The Balaban J connectivity index is 1.78. The largest absolute Gasteiger partial charge is 0.497 e. The lowest BCUT2D eigenvalue weighted by Crippen LogP contribution is -2.15. The van der Waals surface area contributed by atoms with Crippen molar-refractivity contribution in [3.05, 3.63) is 47.5 Å². The number of aromatic nitrogens is 2. The van der Waals surface area contributed by atoms with Crippen LogP contribution >= 0.6 is 23.4 Å². The van der Waals surface area contributed by atoms with Crippen molar-refractivity contribution in [3.63, 3.8) is 0 Å². The Labute approximate surface area is 165 Å². The van der Waals surface area contributed by atoms with Gasteiger partial charge in [0.25, 0.3) is 0 Å². The molecule has 0 saturated carbocycles. The second kappa shape index (κ2) is 7.78. The highest BCUT2D eigenvalue weighted by molar-refractivity contribution is 7.99. The lowest BCUT2D eigenvalue weighted by molar-refractivity contribution is 0.231. The second-order valence-electron chi connectivity index (χ2n) is 6.10. The van der Waals surface area contributed by atoms with Crippen molar-refractivity contribution < 1.29 is 13.9 Å². The maximum absolute atomic E-state index is 13.4. The predicted molar refractivity (Wildman–Crippen MR) is 107 cm³/mol. The van der Waals surface area contributed by atoms with Gasteiger partial charge < -0.3 is 14.8 Å². The first-order valence-electron chi connectivity index (χ1n) is 8.43. The van der Waals surface area contributed by atoms with E-state index in [2.05, 4.69) is 15.3 Å². The number of fused-ring (bicyclic) bond motifs is 1. The normalized spacial score (nSPS) is 16.5. The molecule has 0 radical (unpaired) electrons. The summed E-state index contributed by atoms with van der Waals surface area (Å²) in [6, 6.07) is 8.10. The summed E-state index contributed by atoms with van der Waals surface area (Å²) < 4.78 is 25.1. The molecule has 0 aliphatic carbocycles. The number of benzene rings is 2. The SMILES string of the molecule is COc1cc(OC2CCSC2)c2c(Nc3ccc(F)c(Cl)c3)ncnc2c1. The van der Waals surface area contributed by atoms with Crippen molar-refractivity contribution in [2.45, 2.75) is 12.5 Å². The molecular weight excluding hydrogens is 389 g/mol. The van der Waals surface area contributed by atoms with E-state index in [1.54, 1.807) is 13.2 Å². The van der Waals surface area contributed by atoms with E-state index >= 15 is 0 Å². The molecule has 1 atom stereocenters. The van der Waals surface area contributed by atoms with Gasteiger partial charge in [-0.1, -0.05) is 11.6 Å². The average Bonchev–Trinajstić information content (AvgIpc) is 3.17. The molecule has 8 heteroatoms. The highest BCUT2D eigenvalue weighted by atomic mass is 35.5. The second-order valence-corrected chi connectivity index (χ2v) is 7.66. The smallest absolute Gasteiger partial charge is 0.145 e. The van der Waals surface area contributed by atoms with Crippen LogP contribution in [0.5, 0.6) is 11.5 Å². The molecule has 1 N–H and O–H groups in total. The van der Waals surface area contributed by atoms with Gasteiger partial charge in [-0.15, -0.1) is 0 Å². The Morgan fingerprint density at radius 2 is 2.15 bits per heavy atom. The summed E-state index contributed by atoms with van der Waals surface area (Å²) in [7, 11) is 1.61. The van der Waals surface area contributed by atoms with Gasteiger partial charge in [0, 0.05) is 23.6 Å². The molecule has 27 heavy (non-hydrogen) atoms. The summed E-state index contributed by atoms with van der Waals surface area (Å²) in [5, 5.41) is 3.98. The van der Waals surface area contributed by atoms with Crippen molar-refractivity contribution in [2.24, 2.45) is 0 Å². The number of hydrogen-bond donors (Lipinski definition) is 1. The Hall–Kier alpha value is -2.25. The highest BCUT2D eigenvalue weighted by Crippen LogP contribution is 2.37. The number of rotatable bonds is 5. The lowest BCUT2D eigenvalue weighted by Gasteiger charge is -2.17. The molecule has 2 aromatic carbocycles. The zero-order valence-electron chi connectivity index (χ0n) is 14.5. The molecule has 2 heterocycles. The Kier molecular flexibility index (Phi) is 5.22. The highest BCUT2D eigenvalue weighted by Gasteiger charge is 2.21. The van der Waals surface area contributed by atoms with Crippen LogP contribution in [0.2, 0.25) is 5.02 Å². The standard InChI is InChI=1S/C19H17ClFN3O2S/c1-25-13-7-16-18(17(8-13)26-12-4-5-27-9-12)19(23-10-22-16)24-11-2-3-15(21)14(20)6-11/h2-3,6-8,10,12H,4-5,9H2,1H3,(H,22,23,24). The van der Waals surface area contributed by atoms with Gasteiger partial charge in [0.2, 0.25) is 0 Å². The van der Waals surface area contributed by atoms with Crippen LogP contribution in [0.3, 0.4) is 0 Å². The van der Waals surface area contributed by atoms with E-state index in [1.807, 2.05) is 23.9 Å². The van der Waals surface area contributed by atoms with E-state index in [0.717, 1.165) is 23.3 Å². The van der Waals surface area contributed by atoms with E-state index in [1.165, 1.54) is 18.5 Å². The minimum absolute atomic E-state index is 0.0412. The van der Waals surface area contributed by atoms with E-state index in [9.17, 15) is 4.39 Å². The van der Waals surface area contributed by atoms with Crippen LogP contribution < -0.4 is 14.8 Å². The van der Waals surface area contributed by atoms with E-state index < -0.39 is 5.82 Å². The summed E-state index contributed by atoms with van der Waals surface area (Å²) in [5.41, 5.74) is 1.32. The van der Waals surface area contributed by atoms with Gasteiger partial charge >= 0.3 is 0 Å². The molecule has 4 rings (SSSR count). The number of thioether (sulfide) groups is 1. The van der Waals surface area contributed by atoms with Crippen LogP contribution in [0.4, 0.5) is 15.9 Å². The Morgan fingerprint density at radius 3 is 2.89 bits per heavy atom. The number of halogens is 2. The molecule has 1 aliphatic heterocycles. The molecule has 0 bridgehead atoms. The third kappa shape index (κ3) is 3.89. The van der Waals surface area contributed by atoms with E-state index in [-0.39, 0.29) is 11.1 Å². The molecule has 3 aromatic rings. The molecule has 1 aromatic heterocycles. The molecule has 0 spiro atoms. The first-order valence-corrected chi connectivity index (χ1v) is 9.96. The number of nitrogens with one attached hydrogen (secondary N) is 1. The quantitative estimate of drug-likeness (QED) is 0.640. The van der Waals surface area contributed by atoms with Crippen LogP contribution in [0.15, 0.2) is 36.7 Å². The Bertz CT molecular complexity index is 983. The fraction of sp³-hybridized carbons (Fsp3) is 0.263. The molecule has 1 fully saturated rings. The maximum Gasteiger partial charge on any atom is 0.145 e. The van der Waals surface area contributed by atoms with Crippen molar-refractivity contribution in [1.82, 2.24) is 9.97 Å². The number of ether oxygens (including phenoxy) is 2. The number of methoxy groups -OCH3 is 1. The number of hydrogen-bond acceptors (Lipinski definition) is 6. The van der Waals surface area contributed by atoms with E-state index in [4.69, 9.17) is 21.1 Å². The van der Waals surface area contributed by atoms with Crippen LogP contribution in [0.1, 0.15) is 6.42 Å². The number of nitrogens with zero attached hydrogens (tertiary/aromatic N) is 2. The topological polar surface area (TPSA) is 56.3 Å². The third-order valence-electron chi connectivity index (χ3n) is 4.27. The monoisotopic (exact) mass is 405 g/mol. The van der Waals surface area contributed by atoms with Gasteiger partial charge in [-0.3, -0.25) is 0 Å². The fourth-order valence-electron chi connectivity index (χ4n) is 2.93. The summed E-state index contributed by atoms with van der Waals surface area (Å²) in [4.78, 5) is 8.72. The minimum atomic E-state index is -0.470. The lowest BCUT2D eigenvalue weighted by atomic mass is 10.2. The fourth-order valence-corrected chi connectivity index (χ4v) is 4.21. The molecular formula is C19H17ClFN3O2S. The van der Waals surface area contributed by atoms with Crippen molar-refractivity contribution in [1.29, 1.82) is 0 Å². The minimum Gasteiger partial charge on any atom is -0.497 e.